The van der Waals surface area contributed by atoms with E-state index in [1.807, 2.05) is 25.8 Å². The van der Waals surface area contributed by atoms with Crippen LogP contribution in [0.3, 0.4) is 0 Å². The van der Waals surface area contributed by atoms with E-state index in [4.69, 9.17) is 0 Å². The lowest BCUT2D eigenvalue weighted by Gasteiger charge is -2.24. The average Bonchev–Trinajstić information content (AvgIpc) is 2.57. The monoisotopic (exact) mass is 250 g/mol. The molecular weight excluding hydrogens is 232 g/mol. The number of anilines is 2. The van der Waals surface area contributed by atoms with E-state index >= 15 is 0 Å². The van der Waals surface area contributed by atoms with Gasteiger partial charge in [-0.15, -0.1) is 0 Å². The fourth-order valence-electron chi connectivity index (χ4n) is 2.38. The molecule has 0 radical (unpaired) electrons. The van der Waals surface area contributed by atoms with Gasteiger partial charge in [-0.25, -0.2) is 4.79 Å². The molecule has 1 aromatic heterocycles. The Bertz CT molecular complexity index is 639. The molecule has 0 saturated heterocycles. The summed E-state index contributed by atoms with van der Waals surface area (Å²) >= 11 is 0. The highest BCUT2D eigenvalue weighted by atomic mass is 16.2. The van der Waals surface area contributed by atoms with E-state index in [2.05, 4.69) is 6.58 Å². The molecule has 0 unspecified atom stereocenters. The minimum Gasteiger partial charge on any atom is -0.318 e. The average molecular weight is 250 g/mol. The molecule has 0 N–H and O–H groups in total. The van der Waals surface area contributed by atoms with Gasteiger partial charge in [0.1, 0.15) is 11.6 Å². The number of hydrogen-bond acceptors (Lipinski definition) is 4. The molecule has 98 valence electrons. The van der Waals surface area contributed by atoms with Crippen molar-refractivity contribution in [3.63, 3.8) is 0 Å². The summed E-state index contributed by atoms with van der Waals surface area (Å²) in [4.78, 5) is 27.8. The normalized spacial score (nSPS) is 14.7. The summed E-state index contributed by atoms with van der Waals surface area (Å²) < 4.78 is 2.60. The highest BCUT2D eigenvalue weighted by Crippen LogP contribution is 2.37. The summed E-state index contributed by atoms with van der Waals surface area (Å²) in [6, 6.07) is 0.103. The Labute approximate surface area is 105 Å². The predicted octanol–water partition coefficient (Wildman–Crippen LogP) is 0.220. The van der Waals surface area contributed by atoms with Crippen LogP contribution in [0.4, 0.5) is 11.5 Å². The fourth-order valence-corrected chi connectivity index (χ4v) is 2.38. The fraction of sp³-hybridized carbons (Fsp3) is 0.500. The zero-order valence-electron chi connectivity index (χ0n) is 11.4. The first-order valence-corrected chi connectivity index (χ1v) is 5.81. The predicted molar refractivity (Wildman–Crippen MR) is 72.1 cm³/mol. The maximum atomic E-state index is 12.3. The Morgan fingerprint density at radius 1 is 1.06 bits per heavy atom. The van der Waals surface area contributed by atoms with E-state index in [0.29, 0.717) is 17.3 Å². The molecule has 1 aromatic rings. The number of fused-ring (bicyclic) bond motifs is 1. The second-order valence-electron chi connectivity index (χ2n) is 4.82. The van der Waals surface area contributed by atoms with Gasteiger partial charge in [-0.2, -0.15) is 0 Å². The van der Waals surface area contributed by atoms with E-state index < -0.39 is 0 Å². The summed E-state index contributed by atoms with van der Waals surface area (Å²) in [5, 5.41) is 0. The second kappa shape index (κ2) is 3.76. The number of hydrogen-bond donors (Lipinski definition) is 0. The standard InChI is InChI=1S/C12H18N4O2/c1-7(2)16-8(3)13(4)10-9(16)11(17)15(6)12(18)14(10)5/h7H,3H2,1-2,4-6H3. The molecule has 0 amide bonds. The van der Waals surface area contributed by atoms with Gasteiger partial charge in [0.05, 0.1) is 0 Å². The van der Waals surface area contributed by atoms with Crippen LogP contribution >= 0.6 is 0 Å². The lowest BCUT2D eigenvalue weighted by Crippen LogP contribution is -2.40. The minimum atomic E-state index is -0.330. The van der Waals surface area contributed by atoms with Gasteiger partial charge in [0.25, 0.3) is 5.56 Å². The van der Waals surface area contributed by atoms with E-state index in [0.717, 1.165) is 4.57 Å². The van der Waals surface area contributed by atoms with Gasteiger partial charge in [0.2, 0.25) is 0 Å². The van der Waals surface area contributed by atoms with Crippen LogP contribution in [0.15, 0.2) is 22.0 Å². The molecule has 0 aliphatic carbocycles. The van der Waals surface area contributed by atoms with Crippen LogP contribution in [0, 0.1) is 0 Å². The van der Waals surface area contributed by atoms with Gasteiger partial charge in [0.15, 0.2) is 5.69 Å². The molecule has 1 aliphatic rings. The molecule has 0 atom stereocenters. The summed E-state index contributed by atoms with van der Waals surface area (Å²) in [7, 11) is 4.96. The smallest absolute Gasteiger partial charge is 0.318 e. The van der Waals surface area contributed by atoms with Crippen molar-refractivity contribution < 1.29 is 0 Å². The molecule has 6 nitrogen and oxygen atoms in total. The van der Waals surface area contributed by atoms with E-state index in [1.54, 1.807) is 11.9 Å². The lowest BCUT2D eigenvalue weighted by molar-refractivity contribution is 0.685. The highest BCUT2D eigenvalue weighted by Gasteiger charge is 2.35. The van der Waals surface area contributed by atoms with Crippen LogP contribution in [0.25, 0.3) is 0 Å². The largest absolute Gasteiger partial charge is 0.332 e. The minimum absolute atomic E-state index is 0.103. The van der Waals surface area contributed by atoms with Crippen molar-refractivity contribution >= 4 is 11.5 Å². The third-order valence-corrected chi connectivity index (χ3v) is 3.35. The zero-order chi connectivity index (χ0) is 13.8. The van der Waals surface area contributed by atoms with E-state index in [-0.39, 0.29) is 17.3 Å². The number of nitrogens with zero attached hydrogens (tertiary/aromatic N) is 4. The topological polar surface area (TPSA) is 50.5 Å². The van der Waals surface area contributed by atoms with Crippen molar-refractivity contribution in [2.24, 2.45) is 14.1 Å². The Morgan fingerprint density at radius 3 is 2.11 bits per heavy atom. The Hall–Kier alpha value is -1.98. The third-order valence-electron chi connectivity index (χ3n) is 3.35. The molecule has 0 saturated carbocycles. The van der Waals surface area contributed by atoms with Gasteiger partial charge in [0, 0.05) is 27.2 Å². The molecule has 1 aliphatic heterocycles. The van der Waals surface area contributed by atoms with E-state index in [1.165, 1.54) is 11.6 Å². The maximum Gasteiger partial charge on any atom is 0.332 e. The van der Waals surface area contributed by atoms with Gasteiger partial charge < -0.3 is 9.80 Å². The van der Waals surface area contributed by atoms with Gasteiger partial charge >= 0.3 is 5.69 Å². The van der Waals surface area contributed by atoms with Crippen molar-refractivity contribution in [1.29, 1.82) is 0 Å². The van der Waals surface area contributed by atoms with Crippen LogP contribution in [0.1, 0.15) is 13.8 Å². The first-order chi connectivity index (χ1) is 8.29. The van der Waals surface area contributed by atoms with Crippen molar-refractivity contribution in [2.45, 2.75) is 19.9 Å². The Kier molecular flexibility index (Phi) is 2.61. The lowest BCUT2D eigenvalue weighted by atomic mass is 10.3. The summed E-state index contributed by atoms with van der Waals surface area (Å²) in [5.74, 6) is 1.31. The molecule has 0 spiro atoms. The molecule has 0 aromatic carbocycles. The summed E-state index contributed by atoms with van der Waals surface area (Å²) in [6.45, 7) is 7.95. The van der Waals surface area contributed by atoms with Gasteiger partial charge in [-0.05, 0) is 13.8 Å². The van der Waals surface area contributed by atoms with E-state index in [9.17, 15) is 9.59 Å². The number of aromatic nitrogens is 2. The van der Waals surface area contributed by atoms with Crippen LogP contribution < -0.4 is 21.0 Å². The quantitative estimate of drug-likeness (QED) is 0.715. The first kappa shape index (κ1) is 12.5. The summed E-state index contributed by atoms with van der Waals surface area (Å²) in [5.41, 5.74) is -0.0987. The maximum absolute atomic E-state index is 12.3. The Morgan fingerprint density at radius 2 is 1.61 bits per heavy atom. The van der Waals surface area contributed by atoms with Crippen molar-refractivity contribution in [1.82, 2.24) is 9.13 Å². The van der Waals surface area contributed by atoms with Crippen molar-refractivity contribution in [2.75, 3.05) is 16.8 Å². The molecule has 18 heavy (non-hydrogen) atoms. The highest BCUT2D eigenvalue weighted by molar-refractivity contribution is 5.78. The second-order valence-corrected chi connectivity index (χ2v) is 4.82. The Balaban J connectivity index is 2.92. The zero-order valence-corrected chi connectivity index (χ0v) is 11.4. The van der Waals surface area contributed by atoms with Gasteiger partial charge in [-0.3, -0.25) is 13.9 Å². The van der Waals surface area contributed by atoms with Crippen LogP contribution in [0.2, 0.25) is 0 Å². The summed E-state index contributed by atoms with van der Waals surface area (Å²) in [6.07, 6.45) is 0. The van der Waals surface area contributed by atoms with Crippen LogP contribution in [-0.2, 0) is 14.1 Å². The van der Waals surface area contributed by atoms with Crippen molar-refractivity contribution in [3.8, 4) is 0 Å². The SMILES string of the molecule is C=C1N(C)c2c(c(=O)n(C)c(=O)n2C)N1C(C)C. The van der Waals surface area contributed by atoms with Crippen LogP contribution in [-0.4, -0.2) is 22.2 Å². The number of rotatable bonds is 1. The molecule has 2 rings (SSSR count). The van der Waals surface area contributed by atoms with Crippen LogP contribution in [0.5, 0.6) is 0 Å². The molecular formula is C12H18N4O2. The molecule has 0 fully saturated rings. The third kappa shape index (κ3) is 1.35. The molecule has 0 bridgehead atoms. The first-order valence-electron chi connectivity index (χ1n) is 5.81. The molecule has 6 heteroatoms. The molecule has 2 heterocycles. The van der Waals surface area contributed by atoms with Crippen molar-refractivity contribution in [3.05, 3.63) is 33.2 Å². The van der Waals surface area contributed by atoms with Gasteiger partial charge in [-0.1, -0.05) is 6.58 Å².